The largest absolute Gasteiger partial charge is 0.327 e. The second-order valence-corrected chi connectivity index (χ2v) is 6.52. The van der Waals surface area contributed by atoms with Crippen LogP contribution in [0.1, 0.15) is 12.8 Å². The Bertz CT molecular complexity index is 297. The van der Waals surface area contributed by atoms with Gasteiger partial charge < -0.3 is 9.05 Å². The van der Waals surface area contributed by atoms with Crippen LogP contribution >= 0.6 is 7.60 Å². The van der Waals surface area contributed by atoms with Crippen LogP contribution in [0.15, 0.2) is 0 Å². The molecule has 0 aliphatic carbocycles. The molecule has 0 aromatic rings. The lowest BCUT2D eigenvalue weighted by Crippen LogP contribution is -2.05. The molecule has 1 unspecified atom stereocenters. The minimum absolute atomic E-state index is 0.150. The lowest BCUT2D eigenvalue weighted by molar-refractivity contribution is 0.235. The highest BCUT2D eigenvalue weighted by Gasteiger charge is 2.13. The van der Waals surface area contributed by atoms with Crippen molar-refractivity contribution in [1.29, 1.82) is 0 Å². The fourth-order valence-corrected chi connectivity index (χ4v) is 1.80. The number of rotatable bonds is 7. The monoisotopic (exact) mass is 246 g/mol. The first-order valence-corrected chi connectivity index (χ1v) is 7.60. The van der Waals surface area contributed by atoms with E-state index in [1.807, 2.05) is 0 Å². The van der Waals surface area contributed by atoms with Gasteiger partial charge >= 0.3 is 7.60 Å². The molecule has 0 amide bonds. The minimum Gasteiger partial charge on any atom is -0.312 e. The van der Waals surface area contributed by atoms with E-state index in [2.05, 4.69) is 4.52 Å². The molecule has 0 fully saturated rings. The second kappa shape index (κ2) is 5.82. The van der Waals surface area contributed by atoms with E-state index in [9.17, 15) is 13.0 Å². The SMILES string of the molecule is COP(C)(=O)OCCCCS(=O)(=O)O. The highest BCUT2D eigenvalue weighted by molar-refractivity contribution is 7.85. The summed E-state index contributed by atoms with van der Waals surface area (Å²) < 4.78 is 49.5. The predicted molar refractivity (Wildman–Crippen MR) is 52.1 cm³/mol. The van der Waals surface area contributed by atoms with Crippen LogP contribution in [0.2, 0.25) is 0 Å². The topological polar surface area (TPSA) is 89.9 Å². The van der Waals surface area contributed by atoms with Crippen molar-refractivity contribution < 1.29 is 26.6 Å². The number of hydrogen-bond donors (Lipinski definition) is 1. The van der Waals surface area contributed by atoms with E-state index in [1.165, 1.54) is 13.8 Å². The zero-order valence-corrected chi connectivity index (χ0v) is 9.88. The maximum atomic E-state index is 11.1. The van der Waals surface area contributed by atoms with Gasteiger partial charge in [-0.25, -0.2) is 0 Å². The summed E-state index contributed by atoms with van der Waals surface area (Å²) in [5.41, 5.74) is 0. The Morgan fingerprint density at radius 2 is 1.93 bits per heavy atom. The zero-order chi connectivity index (χ0) is 11.2. The fraction of sp³-hybridized carbons (Fsp3) is 1.00. The molecule has 8 heteroatoms. The normalized spacial score (nSPS) is 16.5. The smallest absolute Gasteiger partial charge is 0.312 e. The molecule has 1 atom stereocenters. The summed E-state index contributed by atoms with van der Waals surface area (Å²) >= 11 is 0. The summed E-state index contributed by atoms with van der Waals surface area (Å²) in [5.74, 6) is -0.308. The fourth-order valence-electron chi connectivity index (χ4n) is 0.670. The molecule has 0 bridgehead atoms. The van der Waals surface area contributed by atoms with Crippen molar-refractivity contribution in [1.82, 2.24) is 0 Å². The van der Waals surface area contributed by atoms with Gasteiger partial charge in [-0.05, 0) is 12.8 Å². The molecule has 0 saturated heterocycles. The van der Waals surface area contributed by atoms with E-state index < -0.39 is 17.7 Å². The van der Waals surface area contributed by atoms with Crippen molar-refractivity contribution in [2.24, 2.45) is 0 Å². The molecule has 1 N–H and O–H groups in total. The van der Waals surface area contributed by atoms with Crippen LogP contribution in [0.3, 0.4) is 0 Å². The van der Waals surface area contributed by atoms with Crippen molar-refractivity contribution >= 4 is 17.7 Å². The maximum Gasteiger partial charge on any atom is 0.327 e. The molecule has 0 aliphatic rings. The third-order valence-corrected chi connectivity index (χ3v) is 3.57. The summed E-state index contributed by atoms with van der Waals surface area (Å²) in [7, 11) is -5.59. The molecule has 0 spiro atoms. The van der Waals surface area contributed by atoms with Crippen molar-refractivity contribution in [2.75, 3.05) is 26.1 Å². The number of hydrogen-bond acceptors (Lipinski definition) is 5. The Kier molecular flexibility index (Phi) is 5.85. The van der Waals surface area contributed by atoms with Crippen molar-refractivity contribution in [3.05, 3.63) is 0 Å². The summed E-state index contributed by atoms with van der Waals surface area (Å²) in [6.07, 6.45) is 0.670. The lowest BCUT2D eigenvalue weighted by Gasteiger charge is -2.10. The van der Waals surface area contributed by atoms with Crippen LogP contribution in [0.25, 0.3) is 0 Å². The van der Waals surface area contributed by atoms with Gasteiger partial charge in [0.15, 0.2) is 0 Å². The molecule has 6 nitrogen and oxygen atoms in total. The van der Waals surface area contributed by atoms with Crippen LogP contribution in [-0.4, -0.2) is 39.1 Å². The first-order chi connectivity index (χ1) is 6.27. The second-order valence-electron chi connectivity index (χ2n) is 2.78. The summed E-state index contributed by atoms with van der Waals surface area (Å²) in [6, 6.07) is 0. The highest BCUT2D eigenvalue weighted by Crippen LogP contribution is 2.42. The standard InChI is InChI=1S/C6H15O6PS/c1-11-13(2,7)12-5-3-4-6-14(8,9)10/h3-6H2,1-2H3,(H,8,9,10). The number of unbranched alkanes of at least 4 members (excludes halogenated alkanes) is 1. The molecule has 0 heterocycles. The van der Waals surface area contributed by atoms with Crippen molar-refractivity contribution in [3.63, 3.8) is 0 Å². The van der Waals surface area contributed by atoms with Gasteiger partial charge in [0.05, 0.1) is 12.4 Å². The molecular formula is C6H15O6PS. The average Bonchev–Trinajstić information content (AvgIpc) is 2.01. The van der Waals surface area contributed by atoms with Gasteiger partial charge in [-0.3, -0.25) is 9.12 Å². The maximum absolute atomic E-state index is 11.1. The van der Waals surface area contributed by atoms with Gasteiger partial charge in [-0.1, -0.05) is 0 Å². The molecule has 0 rings (SSSR count). The van der Waals surface area contributed by atoms with Gasteiger partial charge in [0, 0.05) is 13.8 Å². The Hall–Kier alpha value is 0.0600. The van der Waals surface area contributed by atoms with E-state index in [0.29, 0.717) is 6.42 Å². The minimum atomic E-state index is -3.90. The first kappa shape index (κ1) is 14.1. The predicted octanol–water partition coefficient (Wildman–Crippen LogP) is 1.14. The van der Waals surface area contributed by atoms with Gasteiger partial charge in [-0.2, -0.15) is 8.42 Å². The Morgan fingerprint density at radius 1 is 1.36 bits per heavy atom. The lowest BCUT2D eigenvalue weighted by atomic mass is 10.4. The molecular weight excluding hydrogens is 231 g/mol. The average molecular weight is 246 g/mol. The first-order valence-electron chi connectivity index (χ1n) is 4.00. The molecule has 0 aromatic carbocycles. The summed E-state index contributed by atoms with van der Waals surface area (Å²) in [5, 5.41) is 0. The summed E-state index contributed by atoms with van der Waals surface area (Å²) in [4.78, 5) is 0. The van der Waals surface area contributed by atoms with Crippen LogP contribution < -0.4 is 0 Å². The molecule has 0 aliphatic heterocycles. The van der Waals surface area contributed by atoms with E-state index in [0.717, 1.165) is 0 Å². The van der Waals surface area contributed by atoms with Gasteiger partial charge in [0.2, 0.25) is 0 Å². The molecule has 0 aromatic heterocycles. The van der Waals surface area contributed by atoms with Gasteiger partial charge in [0.25, 0.3) is 10.1 Å². The van der Waals surface area contributed by atoms with Crippen LogP contribution in [0.5, 0.6) is 0 Å². The third kappa shape index (κ3) is 8.65. The quantitative estimate of drug-likeness (QED) is 0.411. The van der Waals surface area contributed by atoms with E-state index >= 15 is 0 Å². The Balaban J connectivity index is 3.54. The molecule has 86 valence electrons. The Labute approximate surface area is 83.9 Å². The van der Waals surface area contributed by atoms with Crippen LogP contribution in [-0.2, 0) is 23.7 Å². The van der Waals surface area contributed by atoms with Crippen molar-refractivity contribution in [3.8, 4) is 0 Å². The molecule has 0 saturated carbocycles. The van der Waals surface area contributed by atoms with E-state index in [1.54, 1.807) is 0 Å². The Morgan fingerprint density at radius 3 is 2.36 bits per heavy atom. The van der Waals surface area contributed by atoms with E-state index in [4.69, 9.17) is 9.08 Å². The van der Waals surface area contributed by atoms with Crippen LogP contribution in [0.4, 0.5) is 0 Å². The van der Waals surface area contributed by atoms with Crippen LogP contribution in [0, 0.1) is 0 Å². The highest BCUT2D eigenvalue weighted by atomic mass is 32.2. The summed E-state index contributed by atoms with van der Waals surface area (Å²) in [6.45, 7) is 1.48. The van der Waals surface area contributed by atoms with E-state index in [-0.39, 0.29) is 18.8 Å². The zero-order valence-electron chi connectivity index (χ0n) is 8.17. The molecule has 0 radical (unpaired) electrons. The van der Waals surface area contributed by atoms with Crippen molar-refractivity contribution in [2.45, 2.75) is 12.8 Å². The molecule has 14 heavy (non-hydrogen) atoms. The third-order valence-electron chi connectivity index (χ3n) is 1.45. The van der Waals surface area contributed by atoms with Gasteiger partial charge in [0.1, 0.15) is 0 Å². The van der Waals surface area contributed by atoms with Gasteiger partial charge in [-0.15, -0.1) is 0 Å².